The zero-order valence-corrected chi connectivity index (χ0v) is 8.59. The third-order valence-electron chi connectivity index (χ3n) is 2.19. The number of methoxy groups -OCH3 is 1. The van der Waals surface area contributed by atoms with E-state index >= 15 is 0 Å². The Morgan fingerprint density at radius 1 is 1.47 bits per heavy atom. The van der Waals surface area contributed by atoms with Gasteiger partial charge in [0.05, 0.1) is 12.7 Å². The summed E-state index contributed by atoms with van der Waals surface area (Å²) in [6.07, 6.45) is 0.205. The number of hydrogen-bond acceptors (Lipinski definition) is 2. The van der Waals surface area contributed by atoms with Crippen LogP contribution in [0.4, 0.5) is 8.78 Å². The van der Waals surface area contributed by atoms with Gasteiger partial charge in [-0.2, -0.15) is 8.78 Å². The predicted molar refractivity (Wildman–Crippen MR) is 52.3 cm³/mol. The Morgan fingerprint density at radius 2 is 2.13 bits per heavy atom. The summed E-state index contributed by atoms with van der Waals surface area (Å²) in [5, 5.41) is 0. The molecule has 4 heteroatoms. The Labute approximate surface area is 86.9 Å². The van der Waals surface area contributed by atoms with E-state index in [1.165, 1.54) is 19.2 Å². The van der Waals surface area contributed by atoms with Crippen molar-refractivity contribution in [3.8, 4) is 5.75 Å². The lowest BCUT2D eigenvalue weighted by atomic mass is 10.0. The van der Waals surface area contributed by atoms with Crippen LogP contribution >= 0.6 is 0 Å². The van der Waals surface area contributed by atoms with Crippen molar-refractivity contribution in [2.45, 2.75) is 19.3 Å². The fraction of sp³-hybridized carbons (Fsp3) is 0.364. The van der Waals surface area contributed by atoms with Crippen molar-refractivity contribution in [2.24, 2.45) is 0 Å². The zero-order chi connectivity index (χ0) is 11.5. The highest BCUT2D eigenvalue weighted by atomic mass is 19.3. The number of aldehydes is 1. The van der Waals surface area contributed by atoms with Gasteiger partial charge in [0.2, 0.25) is 0 Å². The summed E-state index contributed by atoms with van der Waals surface area (Å²) in [6, 6.07) is 4.39. The largest absolute Gasteiger partial charge is 0.496 e. The normalized spacial score (nSPS) is 11.2. The molecule has 0 heterocycles. The van der Waals surface area contributed by atoms with Crippen LogP contribution in [0.3, 0.4) is 0 Å². The molecule has 0 saturated carbocycles. The quantitative estimate of drug-likeness (QED) is 0.720. The van der Waals surface area contributed by atoms with E-state index in [9.17, 15) is 13.6 Å². The van der Waals surface area contributed by atoms with Crippen molar-refractivity contribution in [3.63, 3.8) is 0 Å². The SMILES string of the molecule is CCc1cccc(C(F)(F)C=O)c1OC. The molecule has 0 N–H and O–H groups in total. The summed E-state index contributed by atoms with van der Waals surface area (Å²) in [5.41, 5.74) is 0.288. The van der Waals surface area contributed by atoms with Gasteiger partial charge < -0.3 is 4.74 Å². The first-order chi connectivity index (χ1) is 7.06. The van der Waals surface area contributed by atoms with Gasteiger partial charge in [0.1, 0.15) is 5.75 Å². The van der Waals surface area contributed by atoms with Gasteiger partial charge in [0.25, 0.3) is 0 Å². The second kappa shape index (κ2) is 4.38. The number of ether oxygens (including phenoxy) is 1. The van der Waals surface area contributed by atoms with E-state index in [0.717, 1.165) is 0 Å². The number of aryl methyl sites for hydroxylation is 1. The first-order valence-corrected chi connectivity index (χ1v) is 4.57. The van der Waals surface area contributed by atoms with Crippen LogP contribution in [0, 0.1) is 0 Å². The van der Waals surface area contributed by atoms with Gasteiger partial charge in [0, 0.05) is 0 Å². The van der Waals surface area contributed by atoms with E-state index in [1.807, 2.05) is 6.92 Å². The molecule has 0 aliphatic heterocycles. The van der Waals surface area contributed by atoms with Crippen molar-refractivity contribution in [3.05, 3.63) is 29.3 Å². The molecule has 0 aliphatic rings. The van der Waals surface area contributed by atoms with E-state index in [4.69, 9.17) is 4.74 Å². The standard InChI is InChI=1S/C11H12F2O2/c1-3-8-5-4-6-9(10(8)15-2)11(12,13)7-14/h4-7H,3H2,1-2H3. The maximum absolute atomic E-state index is 13.2. The number of carbonyl (C=O) groups is 1. The number of alkyl halides is 2. The topological polar surface area (TPSA) is 26.3 Å². The highest BCUT2D eigenvalue weighted by Gasteiger charge is 2.34. The van der Waals surface area contributed by atoms with Crippen LogP contribution in [0.25, 0.3) is 0 Å². The van der Waals surface area contributed by atoms with Gasteiger partial charge in [-0.25, -0.2) is 0 Å². The molecule has 82 valence electrons. The van der Waals surface area contributed by atoms with Crippen LogP contribution in [0.5, 0.6) is 5.75 Å². The monoisotopic (exact) mass is 214 g/mol. The Bertz CT molecular complexity index is 362. The average Bonchev–Trinajstić information content (AvgIpc) is 2.27. The average molecular weight is 214 g/mol. The van der Waals surface area contributed by atoms with Crippen molar-refractivity contribution in [1.29, 1.82) is 0 Å². The maximum Gasteiger partial charge on any atom is 0.331 e. The van der Waals surface area contributed by atoms with Crippen LogP contribution in [0.2, 0.25) is 0 Å². The zero-order valence-electron chi connectivity index (χ0n) is 8.59. The number of carbonyl (C=O) groups excluding carboxylic acids is 1. The summed E-state index contributed by atoms with van der Waals surface area (Å²) in [5.74, 6) is -3.40. The van der Waals surface area contributed by atoms with Crippen LogP contribution < -0.4 is 4.74 Å². The lowest BCUT2D eigenvalue weighted by molar-refractivity contribution is -0.130. The predicted octanol–water partition coefficient (Wildman–Crippen LogP) is 2.55. The molecule has 0 atom stereocenters. The molecule has 0 bridgehead atoms. The van der Waals surface area contributed by atoms with Crippen LogP contribution in [-0.4, -0.2) is 13.4 Å². The highest BCUT2D eigenvalue weighted by Crippen LogP contribution is 2.35. The van der Waals surface area contributed by atoms with Gasteiger partial charge in [0.15, 0.2) is 6.29 Å². The van der Waals surface area contributed by atoms with E-state index in [1.54, 1.807) is 6.07 Å². The van der Waals surface area contributed by atoms with Gasteiger partial charge in [-0.1, -0.05) is 19.1 Å². The lowest BCUT2D eigenvalue weighted by Gasteiger charge is -2.16. The van der Waals surface area contributed by atoms with Crippen molar-refractivity contribution >= 4 is 6.29 Å². The Hall–Kier alpha value is -1.45. The van der Waals surface area contributed by atoms with Gasteiger partial charge in [-0.3, -0.25) is 4.79 Å². The summed E-state index contributed by atoms with van der Waals surface area (Å²) < 4.78 is 31.3. The van der Waals surface area contributed by atoms with Gasteiger partial charge in [-0.15, -0.1) is 0 Å². The summed E-state index contributed by atoms with van der Waals surface area (Å²) >= 11 is 0. The van der Waals surface area contributed by atoms with Crippen LogP contribution in [0.15, 0.2) is 18.2 Å². The number of halogens is 2. The fourth-order valence-corrected chi connectivity index (χ4v) is 1.43. The lowest BCUT2D eigenvalue weighted by Crippen LogP contribution is -2.16. The third-order valence-corrected chi connectivity index (χ3v) is 2.19. The van der Waals surface area contributed by atoms with Gasteiger partial charge >= 0.3 is 5.92 Å². The Morgan fingerprint density at radius 3 is 2.60 bits per heavy atom. The molecule has 1 aromatic carbocycles. The Kier molecular flexibility index (Phi) is 3.39. The minimum Gasteiger partial charge on any atom is -0.496 e. The fourth-order valence-electron chi connectivity index (χ4n) is 1.43. The number of para-hydroxylation sites is 1. The molecule has 1 rings (SSSR count). The maximum atomic E-state index is 13.2. The minimum absolute atomic E-state index is 0.0945. The van der Waals surface area contributed by atoms with Crippen molar-refractivity contribution in [2.75, 3.05) is 7.11 Å². The summed E-state index contributed by atoms with van der Waals surface area (Å²) in [6.45, 7) is 1.83. The molecular formula is C11H12F2O2. The second-order valence-electron chi connectivity index (χ2n) is 3.09. The molecule has 0 amide bonds. The molecule has 0 aliphatic carbocycles. The molecule has 1 aromatic rings. The van der Waals surface area contributed by atoms with Crippen molar-refractivity contribution in [1.82, 2.24) is 0 Å². The van der Waals surface area contributed by atoms with E-state index < -0.39 is 5.92 Å². The van der Waals surface area contributed by atoms with Crippen molar-refractivity contribution < 1.29 is 18.3 Å². The van der Waals surface area contributed by atoms with E-state index in [-0.39, 0.29) is 17.6 Å². The minimum atomic E-state index is -3.49. The first kappa shape index (κ1) is 11.6. The smallest absolute Gasteiger partial charge is 0.331 e. The molecule has 2 nitrogen and oxygen atoms in total. The van der Waals surface area contributed by atoms with Crippen LogP contribution in [-0.2, 0) is 17.1 Å². The van der Waals surface area contributed by atoms with Gasteiger partial charge in [-0.05, 0) is 18.1 Å². The molecule has 0 saturated heterocycles. The molecular weight excluding hydrogens is 202 g/mol. The highest BCUT2D eigenvalue weighted by molar-refractivity contribution is 5.66. The third kappa shape index (κ3) is 2.14. The van der Waals surface area contributed by atoms with Crippen LogP contribution in [0.1, 0.15) is 18.1 Å². The molecule has 0 radical (unpaired) electrons. The molecule has 15 heavy (non-hydrogen) atoms. The number of rotatable bonds is 4. The molecule has 0 fully saturated rings. The van der Waals surface area contributed by atoms with E-state index in [0.29, 0.717) is 12.0 Å². The number of hydrogen-bond donors (Lipinski definition) is 0. The molecule has 0 unspecified atom stereocenters. The summed E-state index contributed by atoms with van der Waals surface area (Å²) in [7, 11) is 1.32. The second-order valence-corrected chi connectivity index (χ2v) is 3.09. The Balaban J connectivity index is 3.35. The number of benzene rings is 1. The molecule has 0 spiro atoms. The first-order valence-electron chi connectivity index (χ1n) is 4.57. The summed E-state index contributed by atoms with van der Waals surface area (Å²) in [4.78, 5) is 10.3. The molecule has 0 aromatic heterocycles. The van der Waals surface area contributed by atoms with E-state index in [2.05, 4.69) is 0 Å².